The lowest BCUT2D eigenvalue weighted by Gasteiger charge is -2.18. The van der Waals surface area contributed by atoms with Crippen molar-refractivity contribution in [1.29, 1.82) is 0 Å². The topological polar surface area (TPSA) is 50.4 Å². The first-order chi connectivity index (χ1) is 9.91. The third kappa shape index (κ3) is 6.08. The van der Waals surface area contributed by atoms with Crippen LogP contribution in [0.2, 0.25) is 0 Å². The Balaban J connectivity index is 2.48. The summed E-state index contributed by atoms with van der Waals surface area (Å²) in [6, 6.07) is 6.52. The number of hydrogen-bond acceptors (Lipinski definition) is 3. The lowest BCUT2D eigenvalue weighted by molar-refractivity contribution is -0.123. The summed E-state index contributed by atoms with van der Waals surface area (Å²) >= 11 is 0. The highest BCUT2D eigenvalue weighted by Crippen LogP contribution is 2.25. The molecule has 0 saturated heterocycles. The molecular formula is C15H22F2N2O2. The number of benzene rings is 1. The van der Waals surface area contributed by atoms with Crippen molar-refractivity contribution in [2.24, 2.45) is 5.92 Å². The Labute approximate surface area is 123 Å². The fourth-order valence-electron chi connectivity index (χ4n) is 1.83. The van der Waals surface area contributed by atoms with Crippen LogP contribution in [0.25, 0.3) is 0 Å². The number of halogens is 2. The van der Waals surface area contributed by atoms with Crippen LogP contribution >= 0.6 is 0 Å². The van der Waals surface area contributed by atoms with Gasteiger partial charge in [-0.05, 0) is 13.0 Å². The molecule has 1 amide bonds. The molecule has 2 N–H and O–H groups in total. The Hall–Kier alpha value is -1.69. The van der Waals surface area contributed by atoms with Gasteiger partial charge in [-0.3, -0.25) is 4.79 Å². The molecule has 0 aliphatic heterocycles. The average Bonchev–Trinajstić information content (AvgIpc) is 2.42. The molecule has 0 radical (unpaired) electrons. The van der Waals surface area contributed by atoms with Gasteiger partial charge in [0.1, 0.15) is 5.75 Å². The lowest BCUT2D eigenvalue weighted by Crippen LogP contribution is -2.35. The molecule has 21 heavy (non-hydrogen) atoms. The van der Waals surface area contributed by atoms with Gasteiger partial charge in [-0.15, -0.1) is 0 Å². The van der Waals surface area contributed by atoms with E-state index in [1.54, 1.807) is 18.2 Å². The van der Waals surface area contributed by atoms with E-state index in [1.165, 1.54) is 6.07 Å². The standard InChI is InChI=1S/C15H22F2N2O2/c1-10(2)14(20)19-9-8-18-11(3)12-6-4-5-7-13(12)21-15(16)17/h4-7,10-11,15,18H,8-9H2,1-3H3,(H,19,20). The van der Waals surface area contributed by atoms with Crippen molar-refractivity contribution in [3.63, 3.8) is 0 Å². The largest absolute Gasteiger partial charge is 0.434 e. The number of para-hydroxylation sites is 1. The van der Waals surface area contributed by atoms with Crippen molar-refractivity contribution in [3.05, 3.63) is 29.8 Å². The van der Waals surface area contributed by atoms with Gasteiger partial charge in [-0.2, -0.15) is 8.78 Å². The molecule has 0 aromatic heterocycles. The highest BCUT2D eigenvalue weighted by Gasteiger charge is 2.14. The van der Waals surface area contributed by atoms with E-state index >= 15 is 0 Å². The predicted octanol–water partition coefficient (Wildman–Crippen LogP) is 2.71. The minimum atomic E-state index is -2.84. The van der Waals surface area contributed by atoms with Crippen molar-refractivity contribution in [2.75, 3.05) is 13.1 Å². The Kier molecular flexibility index (Phi) is 7.08. The second kappa shape index (κ2) is 8.56. The monoisotopic (exact) mass is 300 g/mol. The molecule has 0 fully saturated rings. The number of ether oxygens (including phenoxy) is 1. The van der Waals surface area contributed by atoms with Crippen molar-refractivity contribution in [3.8, 4) is 5.75 Å². The normalized spacial score (nSPS) is 12.5. The van der Waals surface area contributed by atoms with Crippen molar-refractivity contribution in [2.45, 2.75) is 33.4 Å². The van der Waals surface area contributed by atoms with E-state index in [-0.39, 0.29) is 23.6 Å². The van der Waals surface area contributed by atoms with Gasteiger partial charge in [-0.25, -0.2) is 0 Å². The van der Waals surface area contributed by atoms with Crippen molar-refractivity contribution < 1.29 is 18.3 Å². The molecule has 0 heterocycles. The molecule has 4 nitrogen and oxygen atoms in total. The number of amides is 1. The number of carbonyl (C=O) groups is 1. The number of nitrogens with one attached hydrogen (secondary N) is 2. The molecule has 0 aliphatic carbocycles. The summed E-state index contributed by atoms with van der Waals surface area (Å²) in [5, 5.41) is 5.95. The third-order valence-corrected chi connectivity index (χ3v) is 3.00. The number of carbonyl (C=O) groups excluding carboxylic acids is 1. The van der Waals surface area contributed by atoms with E-state index < -0.39 is 6.61 Å². The maximum atomic E-state index is 12.3. The number of alkyl halides is 2. The summed E-state index contributed by atoms with van der Waals surface area (Å²) in [6.07, 6.45) is 0. The van der Waals surface area contributed by atoms with E-state index in [0.717, 1.165) is 0 Å². The Morgan fingerprint density at radius 3 is 2.48 bits per heavy atom. The Morgan fingerprint density at radius 1 is 1.19 bits per heavy atom. The van der Waals surface area contributed by atoms with Crippen LogP contribution in [0.4, 0.5) is 8.78 Å². The zero-order valence-electron chi connectivity index (χ0n) is 12.5. The van der Waals surface area contributed by atoms with Gasteiger partial charge in [0.25, 0.3) is 0 Å². The molecule has 1 aromatic rings. The first-order valence-corrected chi connectivity index (χ1v) is 6.96. The maximum Gasteiger partial charge on any atom is 0.387 e. The Bertz CT molecular complexity index is 453. The molecule has 0 aliphatic rings. The van der Waals surface area contributed by atoms with Crippen LogP contribution < -0.4 is 15.4 Å². The van der Waals surface area contributed by atoms with E-state index in [4.69, 9.17) is 0 Å². The first kappa shape index (κ1) is 17.4. The molecule has 118 valence electrons. The van der Waals surface area contributed by atoms with E-state index in [9.17, 15) is 13.6 Å². The number of rotatable bonds is 8. The van der Waals surface area contributed by atoms with Gasteiger partial charge in [-0.1, -0.05) is 32.0 Å². The lowest BCUT2D eigenvalue weighted by atomic mass is 10.1. The summed E-state index contributed by atoms with van der Waals surface area (Å²) in [5.74, 6) is 0.104. The maximum absolute atomic E-state index is 12.3. The van der Waals surface area contributed by atoms with Crippen molar-refractivity contribution in [1.82, 2.24) is 10.6 Å². The second-order valence-electron chi connectivity index (χ2n) is 5.04. The summed E-state index contributed by atoms with van der Waals surface area (Å²) < 4.78 is 29.2. The van der Waals surface area contributed by atoms with E-state index in [2.05, 4.69) is 15.4 Å². The molecule has 1 rings (SSSR count). The molecule has 6 heteroatoms. The molecule has 1 atom stereocenters. The van der Waals surface area contributed by atoms with Crippen LogP contribution in [-0.2, 0) is 4.79 Å². The quantitative estimate of drug-likeness (QED) is 0.726. The van der Waals surface area contributed by atoms with Gasteiger partial charge in [0.2, 0.25) is 5.91 Å². The zero-order valence-corrected chi connectivity index (χ0v) is 12.5. The van der Waals surface area contributed by atoms with Gasteiger partial charge in [0.05, 0.1) is 0 Å². The summed E-state index contributed by atoms with van der Waals surface area (Å²) in [5.41, 5.74) is 0.660. The molecular weight excluding hydrogens is 278 g/mol. The predicted molar refractivity (Wildman–Crippen MR) is 77.3 cm³/mol. The molecule has 0 spiro atoms. The van der Waals surface area contributed by atoms with Crippen LogP contribution in [0.3, 0.4) is 0 Å². The molecule has 0 bridgehead atoms. The van der Waals surface area contributed by atoms with Gasteiger partial charge in [0, 0.05) is 30.6 Å². The van der Waals surface area contributed by atoms with Gasteiger partial charge < -0.3 is 15.4 Å². The highest BCUT2D eigenvalue weighted by molar-refractivity contribution is 5.77. The molecule has 1 aromatic carbocycles. The molecule has 1 unspecified atom stereocenters. The first-order valence-electron chi connectivity index (χ1n) is 6.96. The fourth-order valence-corrected chi connectivity index (χ4v) is 1.83. The third-order valence-electron chi connectivity index (χ3n) is 3.00. The average molecular weight is 300 g/mol. The van der Waals surface area contributed by atoms with Crippen molar-refractivity contribution >= 4 is 5.91 Å². The van der Waals surface area contributed by atoms with Crippen LogP contribution in [0.5, 0.6) is 5.75 Å². The van der Waals surface area contributed by atoms with Gasteiger partial charge in [0.15, 0.2) is 0 Å². The van der Waals surface area contributed by atoms with E-state index in [0.29, 0.717) is 18.7 Å². The summed E-state index contributed by atoms with van der Waals surface area (Å²) in [4.78, 5) is 11.4. The summed E-state index contributed by atoms with van der Waals surface area (Å²) in [6.45, 7) is 3.69. The smallest absolute Gasteiger partial charge is 0.387 e. The SMILES string of the molecule is CC(C)C(=O)NCCNC(C)c1ccccc1OC(F)F. The summed E-state index contributed by atoms with van der Waals surface area (Å²) in [7, 11) is 0. The van der Waals surface area contributed by atoms with Crippen LogP contribution in [0, 0.1) is 5.92 Å². The fraction of sp³-hybridized carbons (Fsp3) is 0.533. The molecule has 0 saturated carbocycles. The Morgan fingerprint density at radius 2 is 1.86 bits per heavy atom. The van der Waals surface area contributed by atoms with Crippen LogP contribution in [0.15, 0.2) is 24.3 Å². The van der Waals surface area contributed by atoms with Crippen LogP contribution in [0.1, 0.15) is 32.4 Å². The minimum absolute atomic E-state index is 0.00844. The second-order valence-corrected chi connectivity index (χ2v) is 5.04. The van der Waals surface area contributed by atoms with Crippen LogP contribution in [-0.4, -0.2) is 25.6 Å². The highest BCUT2D eigenvalue weighted by atomic mass is 19.3. The van der Waals surface area contributed by atoms with Gasteiger partial charge >= 0.3 is 6.61 Å². The minimum Gasteiger partial charge on any atom is -0.434 e. The zero-order chi connectivity index (χ0) is 15.8. The number of hydrogen-bond donors (Lipinski definition) is 2. The van der Waals surface area contributed by atoms with E-state index in [1.807, 2.05) is 20.8 Å².